The van der Waals surface area contributed by atoms with E-state index < -0.39 is 5.60 Å². The van der Waals surface area contributed by atoms with Gasteiger partial charge in [-0.05, 0) is 49.6 Å². The van der Waals surface area contributed by atoms with Gasteiger partial charge in [0.1, 0.15) is 5.60 Å². The Balaban J connectivity index is 2.30. The van der Waals surface area contributed by atoms with Gasteiger partial charge < -0.3 is 9.64 Å². The summed E-state index contributed by atoms with van der Waals surface area (Å²) in [5, 5.41) is 2.32. The Labute approximate surface area is 146 Å². The van der Waals surface area contributed by atoms with Crippen LogP contribution < -0.4 is 0 Å². The number of benzene rings is 2. The van der Waals surface area contributed by atoms with Crippen LogP contribution >= 0.6 is 15.9 Å². The van der Waals surface area contributed by atoms with Gasteiger partial charge in [0, 0.05) is 17.6 Å². The molecule has 0 aliphatic rings. The topological polar surface area (TPSA) is 29.5 Å². The molecule has 1 amide bonds. The van der Waals surface area contributed by atoms with Crippen LogP contribution in [-0.4, -0.2) is 23.1 Å². The van der Waals surface area contributed by atoms with Gasteiger partial charge in [0.05, 0.1) is 0 Å². The molecule has 0 saturated carbocycles. The van der Waals surface area contributed by atoms with Crippen molar-refractivity contribution >= 4 is 32.8 Å². The van der Waals surface area contributed by atoms with Crippen LogP contribution in [0.2, 0.25) is 0 Å². The van der Waals surface area contributed by atoms with E-state index in [-0.39, 0.29) is 6.09 Å². The molecule has 0 aliphatic carbocycles. The molecule has 0 atom stereocenters. The maximum absolute atomic E-state index is 12.5. The number of fused-ring (bicyclic) bond motifs is 1. The van der Waals surface area contributed by atoms with Crippen molar-refractivity contribution in [3.63, 3.8) is 0 Å². The lowest BCUT2D eigenvalue weighted by Gasteiger charge is -2.27. The van der Waals surface area contributed by atoms with Crippen molar-refractivity contribution in [2.45, 2.75) is 46.3 Å². The van der Waals surface area contributed by atoms with Gasteiger partial charge in [0.2, 0.25) is 0 Å². The van der Waals surface area contributed by atoms with E-state index in [0.717, 1.165) is 27.2 Å². The number of amides is 1. The summed E-state index contributed by atoms with van der Waals surface area (Å²) in [6.45, 7) is 8.98. The summed E-state index contributed by atoms with van der Waals surface area (Å²) < 4.78 is 6.60. The monoisotopic (exact) mass is 377 g/mol. The summed E-state index contributed by atoms with van der Waals surface area (Å²) in [4.78, 5) is 14.2. The van der Waals surface area contributed by atoms with E-state index in [1.807, 2.05) is 39.0 Å². The molecule has 0 spiro atoms. The molecule has 0 heterocycles. The lowest BCUT2D eigenvalue weighted by molar-refractivity contribution is 0.0234. The Hall–Kier alpha value is -1.55. The minimum atomic E-state index is -0.481. The van der Waals surface area contributed by atoms with Gasteiger partial charge in [-0.2, -0.15) is 0 Å². The van der Waals surface area contributed by atoms with E-state index in [4.69, 9.17) is 4.74 Å². The quantitative estimate of drug-likeness (QED) is 0.678. The molecule has 23 heavy (non-hydrogen) atoms. The molecule has 0 radical (unpaired) electrons. The van der Waals surface area contributed by atoms with Gasteiger partial charge in [-0.15, -0.1) is 0 Å². The first-order valence-corrected chi connectivity index (χ1v) is 8.75. The Kier molecular flexibility index (Phi) is 5.69. The fourth-order valence-electron chi connectivity index (χ4n) is 2.50. The summed E-state index contributed by atoms with van der Waals surface area (Å²) in [7, 11) is 0. The Morgan fingerprint density at radius 3 is 2.39 bits per heavy atom. The lowest BCUT2D eigenvalue weighted by atomic mass is 10.0. The lowest BCUT2D eigenvalue weighted by Crippen LogP contribution is -2.36. The molecule has 0 bridgehead atoms. The molecule has 0 aromatic heterocycles. The maximum Gasteiger partial charge on any atom is 0.410 e. The first-order chi connectivity index (χ1) is 10.8. The average Bonchev–Trinajstić information content (AvgIpc) is 2.48. The van der Waals surface area contributed by atoms with Crippen LogP contribution in [0.4, 0.5) is 4.79 Å². The number of halogens is 1. The minimum absolute atomic E-state index is 0.258. The zero-order valence-electron chi connectivity index (χ0n) is 14.2. The second-order valence-corrected chi connectivity index (χ2v) is 7.51. The molecule has 0 aliphatic heterocycles. The van der Waals surface area contributed by atoms with Gasteiger partial charge in [0.15, 0.2) is 0 Å². The van der Waals surface area contributed by atoms with Crippen LogP contribution in [0.25, 0.3) is 10.8 Å². The summed E-state index contributed by atoms with van der Waals surface area (Å²) in [5.74, 6) is 0. The Morgan fingerprint density at radius 2 is 1.78 bits per heavy atom. The third kappa shape index (κ3) is 4.71. The first kappa shape index (κ1) is 17.8. The summed E-state index contributed by atoms with van der Waals surface area (Å²) in [6.07, 6.45) is 0.639. The van der Waals surface area contributed by atoms with E-state index in [1.165, 1.54) is 0 Å². The molecular formula is C19H24BrNO2. The number of carbonyl (C=O) groups is 1. The van der Waals surface area contributed by atoms with Crippen LogP contribution in [0.3, 0.4) is 0 Å². The van der Waals surface area contributed by atoms with Crippen molar-refractivity contribution in [1.82, 2.24) is 4.90 Å². The van der Waals surface area contributed by atoms with E-state index in [9.17, 15) is 4.79 Å². The van der Waals surface area contributed by atoms with E-state index in [0.29, 0.717) is 13.1 Å². The number of hydrogen-bond acceptors (Lipinski definition) is 2. The van der Waals surface area contributed by atoms with Gasteiger partial charge in [0.25, 0.3) is 0 Å². The molecule has 0 unspecified atom stereocenters. The Bertz CT molecular complexity index is 691. The Morgan fingerprint density at radius 1 is 1.13 bits per heavy atom. The van der Waals surface area contributed by atoms with E-state index in [2.05, 4.69) is 41.1 Å². The summed E-state index contributed by atoms with van der Waals surface area (Å²) in [6, 6.07) is 12.3. The van der Waals surface area contributed by atoms with Gasteiger partial charge >= 0.3 is 6.09 Å². The standard InChI is InChI=1S/C19H24BrNO2/c1-5-12-21(18(22)23-19(2,3)4)13-14-10-11-17(20)16-9-7-6-8-15(14)16/h6-11H,5,12-13H2,1-4H3. The van der Waals surface area contributed by atoms with Crippen molar-refractivity contribution in [2.75, 3.05) is 6.54 Å². The van der Waals surface area contributed by atoms with Crippen molar-refractivity contribution in [1.29, 1.82) is 0 Å². The van der Waals surface area contributed by atoms with Crippen LogP contribution in [0.15, 0.2) is 40.9 Å². The largest absolute Gasteiger partial charge is 0.444 e. The third-order valence-electron chi connectivity index (χ3n) is 3.47. The highest BCUT2D eigenvalue weighted by molar-refractivity contribution is 9.10. The molecular weight excluding hydrogens is 354 g/mol. The number of ether oxygens (including phenoxy) is 1. The molecule has 2 aromatic carbocycles. The van der Waals surface area contributed by atoms with Crippen LogP contribution in [0, 0.1) is 0 Å². The molecule has 0 fully saturated rings. The maximum atomic E-state index is 12.5. The highest BCUT2D eigenvalue weighted by atomic mass is 79.9. The fourth-order valence-corrected chi connectivity index (χ4v) is 2.98. The number of carbonyl (C=O) groups excluding carboxylic acids is 1. The highest BCUT2D eigenvalue weighted by Crippen LogP contribution is 2.28. The van der Waals surface area contributed by atoms with Gasteiger partial charge in [-0.1, -0.05) is 53.2 Å². The van der Waals surface area contributed by atoms with Crippen molar-refractivity contribution < 1.29 is 9.53 Å². The van der Waals surface area contributed by atoms with E-state index in [1.54, 1.807) is 4.90 Å². The molecule has 2 rings (SSSR count). The highest BCUT2D eigenvalue weighted by Gasteiger charge is 2.22. The normalized spacial score (nSPS) is 11.5. The zero-order valence-corrected chi connectivity index (χ0v) is 15.8. The van der Waals surface area contributed by atoms with Crippen molar-refractivity contribution in [3.05, 3.63) is 46.4 Å². The fraction of sp³-hybridized carbons (Fsp3) is 0.421. The average molecular weight is 378 g/mol. The molecule has 2 aromatic rings. The van der Waals surface area contributed by atoms with Gasteiger partial charge in [-0.25, -0.2) is 4.79 Å². The molecule has 0 N–H and O–H groups in total. The molecule has 0 saturated heterocycles. The second-order valence-electron chi connectivity index (χ2n) is 6.65. The van der Waals surface area contributed by atoms with Crippen molar-refractivity contribution in [2.24, 2.45) is 0 Å². The molecule has 3 nitrogen and oxygen atoms in total. The van der Waals surface area contributed by atoms with E-state index >= 15 is 0 Å². The molecule has 124 valence electrons. The smallest absolute Gasteiger partial charge is 0.410 e. The predicted molar refractivity (Wildman–Crippen MR) is 98.6 cm³/mol. The number of nitrogens with zero attached hydrogens (tertiary/aromatic N) is 1. The molecule has 4 heteroatoms. The first-order valence-electron chi connectivity index (χ1n) is 7.96. The predicted octanol–water partition coefficient (Wildman–Crippen LogP) is 5.75. The second kappa shape index (κ2) is 7.35. The summed E-state index contributed by atoms with van der Waals surface area (Å²) >= 11 is 3.59. The number of hydrogen-bond donors (Lipinski definition) is 0. The SMILES string of the molecule is CCCN(Cc1ccc(Br)c2ccccc12)C(=O)OC(C)(C)C. The minimum Gasteiger partial charge on any atom is -0.444 e. The van der Waals surface area contributed by atoms with Crippen LogP contribution in [0.1, 0.15) is 39.7 Å². The number of rotatable bonds is 4. The zero-order chi connectivity index (χ0) is 17.0. The summed E-state index contributed by atoms with van der Waals surface area (Å²) in [5.41, 5.74) is 0.647. The van der Waals surface area contributed by atoms with Crippen LogP contribution in [-0.2, 0) is 11.3 Å². The third-order valence-corrected chi connectivity index (χ3v) is 4.16. The van der Waals surface area contributed by atoms with Crippen molar-refractivity contribution in [3.8, 4) is 0 Å². The van der Waals surface area contributed by atoms with Crippen LogP contribution in [0.5, 0.6) is 0 Å². The van der Waals surface area contributed by atoms with Gasteiger partial charge in [-0.3, -0.25) is 0 Å².